The summed E-state index contributed by atoms with van der Waals surface area (Å²) in [5.74, 6) is -1.17. The Kier molecular flexibility index (Phi) is 6.71. The Morgan fingerprint density at radius 3 is 2.50 bits per heavy atom. The molecule has 1 N–H and O–H groups in total. The van der Waals surface area contributed by atoms with Gasteiger partial charge < -0.3 is 10.1 Å². The van der Waals surface area contributed by atoms with Crippen LogP contribution in [-0.4, -0.2) is 39.8 Å². The van der Waals surface area contributed by atoms with Crippen LogP contribution < -0.4 is 5.32 Å². The fourth-order valence-electron chi connectivity index (χ4n) is 3.46. The molecule has 3 amide bonds. The van der Waals surface area contributed by atoms with Crippen molar-refractivity contribution in [2.45, 2.75) is 58.1 Å². The van der Waals surface area contributed by atoms with Crippen molar-refractivity contribution in [2.24, 2.45) is 0 Å². The molecule has 1 heterocycles. The molecule has 0 bridgehead atoms. The summed E-state index contributed by atoms with van der Waals surface area (Å²) in [5, 5.41) is 13.6. The van der Waals surface area contributed by atoms with Crippen LogP contribution in [0.2, 0.25) is 0 Å². The average molecular weight is 391 g/mol. The molecular formula is C19H25N3O6. The smallest absolute Gasteiger partial charge is 0.326 e. The molecule has 0 radical (unpaired) electrons. The van der Waals surface area contributed by atoms with E-state index in [0.717, 1.165) is 4.90 Å². The van der Waals surface area contributed by atoms with Crippen molar-refractivity contribution < 1.29 is 24.0 Å². The highest BCUT2D eigenvalue weighted by Gasteiger charge is 2.50. The molecule has 1 aliphatic heterocycles. The van der Waals surface area contributed by atoms with Crippen LogP contribution in [0.5, 0.6) is 0 Å². The van der Waals surface area contributed by atoms with Gasteiger partial charge in [0.05, 0.1) is 4.92 Å². The Morgan fingerprint density at radius 2 is 1.93 bits per heavy atom. The Hall–Kier alpha value is -2.97. The van der Waals surface area contributed by atoms with Gasteiger partial charge in [0.1, 0.15) is 18.2 Å². The predicted molar refractivity (Wildman–Crippen MR) is 100 cm³/mol. The maximum atomic E-state index is 12.8. The van der Waals surface area contributed by atoms with E-state index in [2.05, 4.69) is 5.32 Å². The molecule has 1 saturated heterocycles. The van der Waals surface area contributed by atoms with Crippen molar-refractivity contribution >= 4 is 23.6 Å². The minimum absolute atomic E-state index is 0.113. The number of nitro groups is 1. The maximum absolute atomic E-state index is 12.8. The van der Waals surface area contributed by atoms with Gasteiger partial charge in [0.25, 0.3) is 11.6 Å². The number of urea groups is 1. The zero-order valence-corrected chi connectivity index (χ0v) is 16.3. The zero-order chi connectivity index (χ0) is 20.9. The van der Waals surface area contributed by atoms with E-state index in [4.69, 9.17) is 4.74 Å². The van der Waals surface area contributed by atoms with E-state index in [9.17, 15) is 24.5 Å². The number of benzene rings is 1. The van der Waals surface area contributed by atoms with Gasteiger partial charge in [0.15, 0.2) is 0 Å². The van der Waals surface area contributed by atoms with Crippen LogP contribution in [0.4, 0.5) is 10.5 Å². The van der Waals surface area contributed by atoms with Crippen molar-refractivity contribution in [3.8, 4) is 0 Å². The molecule has 0 unspecified atom stereocenters. The summed E-state index contributed by atoms with van der Waals surface area (Å²) in [6.07, 6.45) is 1.67. The zero-order valence-electron chi connectivity index (χ0n) is 16.3. The third kappa shape index (κ3) is 4.47. The van der Waals surface area contributed by atoms with Gasteiger partial charge in [-0.3, -0.25) is 24.6 Å². The average Bonchev–Trinajstić information content (AvgIpc) is 2.86. The highest BCUT2D eigenvalue weighted by Crippen LogP contribution is 2.28. The number of non-ortho nitro benzene ring substituents is 1. The number of ether oxygens (including phenoxy) is 1. The molecule has 28 heavy (non-hydrogen) atoms. The molecule has 1 atom stereocenters. The van der Waals surface area contributed by atoms with E-state index in [1.54, 1.807) is 13.0 Å². The molecule has 152 valence electrons. The normalized spacial score (nSPS) is 16.6. The van der Waals surface area contributed by atoms with E-state index in [1.807, 2.05) is 13.8 Å². The van der Waals surface area contributed by atoms with E-state index < -0.39 is 41.0 Å². The van der Waals surface area contributed by atoms with Crippen LogP contribution in [0.25, 0.3) is 0 Å². The summed E-state index contributed by atoms with van der Waals surface area (Å²) in [6.45, 7) is 4.92. The number of imide groups is 1. The number of nitro benzene ring substituents is 1. The van der Waals surface area contributed by atoms with Crippen LogP contribution in [-0.2, 0) is 14.3 Å². The van der Waals surface area contributed by atoms with Crippen molar-refractivity contribution in [1.29, 1.82) is 0 Å². The minimum Gasteiger partial charge on any atom is -0.456 e. The predicted octanol–water partition coefficient (Wildman–Crippen LogP) is 3.09. The van der Waals surface area contributed by atoms with Crippen LogP contribution in [0.1, 0.15) is 58.1 Å². The topological polar surface area (TPSA) is 119 Å². The molecule has 9 nitrogen and oxygen atoms in total. The lowest BCUT2D eigenvalue weighted by atomic mass is 9.88. The molecule has 9 heteroatoms. The Balaban J connectivity index is 2.06. The molecule has 1 aromatic carbocycles. The molecule has 0 spiro atoms. The second-order valence-electron chi connectivity index (χ2n) is 6.89. The molecule has 0 aliphatic carbocycles. The van der Waals surface area contributed by atoms with Gasteiger partial charge in [-0.2, -0.15) is 0 Å². The van der Waals surface area contributed by atoms with Crippen LogP contribution >= 0.6 is 0 Å². The van der Waals surface area contributed by atoms with Gasteiger partial charge in [0.2, 0.25) is 0 Å². The molecule has 2 rings (SSSR count). The number of nitrogens with one attached hydrogen (secondary N) is 1. The second-order valence-corrected chi connectivity index (χ2v) is 6.89. The van der Waals surface area contributed by atoms with Crippen LogP contribution in [0.15, 0.2) is 24.3 Å². The lowest BCUT2D eigenvalue weighted by Gasteiger charge is -2.25. The Morgan fingerprint density at radius 1 is 1.29 bits per heavy atom. The molecule has 1 fully saturated rings. The summed E-state index contributed by atoms with van der Waals surface area (Å²) in [7, 11) is 0. The number of hydrogen-bond acceptors (Lipinski definition) is 6. The van der Waals surface area contributed by atoms with Crippen LogP contribution in [0, 0.1) is 10.1 Å². The van der Waals surface area contributed by atoms with E-state index in [-0.39, 0.29) is 5.69 Å². The first-order valence-electron chi connectivity index (χ1n) is 9.32. The Labute approximate surface area is 163 Å². The fourth-order valence-corrected chi connectivity index (χ4v) is 3.46. The lowest BCUT2D eigenvalue weighted by Crippen LogP contribution is -2.47. The number of carbonyl (C=O) groups excluding carboxylic acids is 3. The summed E-state index contributed by atoms with van der Waals surface area (Å²) in [5.41, 5.74) is -0.628. The number of hydrogen-bond donors (Lipinski definition) is 1. The monoisotopic (exact) mass is 391 g/mol. The largest absolute Gasteiger partial charge is 0.456 e. The molecule has 1 aromatic rings. The van der Waals surface area contributed by atoms with Gasteiger partial charge in [0, 0.05) is 12.1 Å². The second kappa shape index (κ2) is 8.81. The highest BCUT2D eigenvalue weighted by molar-refractivity contribution is 6.08. The summed E-state index contributed by atoms with van der Waals surface area (Å²) in [6, 6.07) is 5.16. The van der Waals surface area contributed by atoms with Gasteiger partial charge in [-0.25, -0.2) is 4.79 Å². The maximum Gasteiger partial charge on any atom is 0.326 e. The summed E-state index contributed by atoms with van der Waals surface area (Å²) < 4.78 is 5.28. The van der Waals surface area contributed by atoms with E-state index >= 15 is 0 Å². The highest BCUT2D eigenvalue weighted by atomic mass is 16.6. The minimum atomic E-state index is -0.966. The third-order valence-electron chi connectivity index (χ3n) is 4.75. The van der Waals surface area contributed by atoms with Crippen molar-refractivity contribution in [1.82, 2.24) is 10.2 Å². The van der Waals surface area contributed by atoms with Gasteiger partial charge in [-0.05, 0) is 25.3 Å². The number of rotatable bonds is 9. The summed E-state index contributed by atoms with van der Waals surface area (Å²) >= 11 is 0. The number of esters is 1. The van der Waals surface area contributed by atoms with Crippen LogP contribution in [0.3, 0.4) is 0 Å². The third-order valence-corrected chi connectivity index (χ3v) is 4.75. The first-order valence-corrected chi connectivity index (χ1v) is 9.32. The molecule has 0 aromatic heterocycles. The molecule has 0 saturated carbocycles. The fraction of sp³-hybridized carbons (Fsp3) is 0.526. The first-order chi connectivity index (χ1) is 13.2. The van der Waals surface area contributed by atoms with E-state index in [1.165, 1.54) is 18.2 Å². The van der Waals surface area contributed by atoms with Gasteiger partial charge in [-0.15, -0.1) is 0 Å². The van der Waals surface area contributed by atoms with Crippen molar-refractivity contribution in [2.75, 3.05) is 6.54 Å². The quantitative estimate of drug-likeness (QED) is 0.299. The number of nitrogens with zero attached hydrogens (tertiary/aromatic N) is 2. The first kappa shape index (κ1) is 21.3. The number of carbonyl (C=O) groups is 3. The van der Waals surface area contributed by atoms with E-state index in [0.29, 0.717) is 31.2 Å². The van der Waals surface area contributed by atoms with Crippen molar-refractivity contribution in [3.63, 3.8) is 0 Å². The molecular weight excluding hydrogens is 366 g/mol. The van der Waals surface area contributed by atoms with Gasteiger partial charge >= 0.3 is 12.0 Å². The standard InChI is InChI=1S/C19H25N3O6/c1-4-9-19(10-5-2)17(24)21(18(25)20-19)12-16(23)28-13(3)14-7-6-8-15(11-14)22(26)27/h6-8,11,13H,4-5,9-10,12H2,1-3H3,(H,20,25)/t13-/m1/s1. The molecule has 1 aliphatic rings. The SMILES string of the molecule is CCCC1(CCC)NC(=O)N(CC(=O)O[C@H](C)c2cccc([N+](=O)[O-])c2)C1=O. The number of amides is 3. The Bertz CT molecular complexity index is 773. The summed E-state index contributed by atoms with van der Waals surface area (Å²) in [4.78, 5) is 48.6. The lowest BCUT2D eigenvalue weighted by molar-refractivity contribution is -0.385. The van der Waals surface area contributed by atoms with Crippen molar-refractivity contribution in [3.05, 3.63) is 39.9 Å². The van der Waals surface area contributed by atoms with Gasteiger partial charge in [-0.1, -0.05) is 38.8 Å².